The largest absolute Gasteiger partial charge is 0.364 e. The van der Waals surface area contributed by atoms with E-state index >= 15 is 0 Å². The lowest BCUT2D eigenvalue weighted by Crippen LogP contribution is -2.02. The van der Waals surface area contributed by atoms with Gasteiger partial charge in [0, 0.05) is 38.7 Å². The summed E-state index contributed by atoms with van der Waals surface area (Å²) in [5, 5.41) is 0. The number of nitrogens with one attached hydrogen (secondary N) is 2. The molecule has 3 nitrogen and oxygen atoms in total. The van der Waals surface area contributed by atoms with Gasteiger partial charge in [0.25, 0.3) is 0 Å². The first-order chi connectivity index (χ1) is 13.1. The molecule has 4 aromatic rings. The molecule has 0 amide bonds. The van der Waals surface area contributed by atoms with E-state index in [0.717, 1.165) is 23.4 Å². The number of rotatable bonds is 5. The number of carbonyl (C=O) groups excluding carboxylic acids is 1. The fourth-order valence-electron chi connectivity index (χ4n) is 3.18. The third-order valence-electron chi connectivity index (χ3n) is 4.66. The molecule has 2 N–H and O–H groups in total. The molecular formula is C23H19IN2O. The molecule has 0 bridgehead atoms. The summed E-state index contributed by atoms with van der Waals surface area (Å²) in [5.41, 5.74) is 6.99. The second-order valence-electron chi connectivity index (χ2n) is 6.65. The third-order valence-corrected chi connectivity index (χ3v) is 5.38. The summed E-state index contributed by atoms with van der Waals surface area (Å²) in [4.78, 5) is 19.3. The molecule has 0 atom stereocenters. The molecule has 0 saturated heterocycles. The first-order valence-electron chi connectivity index (χ1n) is 8.81. The van der Waals surface area contributed by atoms with E-state index < -0.39 is 0 Å². The number of hydrogen-bond donors (Lipinski definition) is 2. The molecule has 2 heterocycles. The third kappa shape index (κ3) is 3.90. The highest BCUT2D eigenvalue weighted by atomic mass is 127. The van der Waals surface area contributed by atoms with Crippen molar-refractivity contribution in [2.45, 2.75) is 13.3 Å². The minimum atomic E-state index is 0.0191. The second kappa shape index (κ2) is 7.56. The molecule has 2 aromatic carbocycles. The fraction of sp³-hybridized carbons (Fsp3) is 0.0870. The van der Waals surface area contributed by atoms with Gasteiger partial charge >= 0.3 is 0 Å². The van der Waals surface area contributed by atoms with E-state index in [1.165, 1.54) is 14.7 Å². The van der Waals surface area contributed by atoms with Crippen molar-refractivity contribution in [3.8, 4) is 11.1 Å². The van der Waals surface area contributed by atoms with Crippen molar-refractivity contribution in [1.29, 1.82) is 0 Å². The maximum atomic E-state index is 12.7. The molecular weight excluding hydrogens is 447 g/mol. The number of aromatic nitrogens is 2. The van der Waals surface area contributed by atoms with Gasteiger partial charge in [-0.3, -0.25) is 4.79 Å². The molecule has 4 heteroatoms. The van der Waals surface area contributed by atoms with Crippen LogP contribution in [-0.4, -0.2) is 15.8 Å². The second-order valence-corrected chi connectivity index (χ2v) is 7.89. The van der Waals surface area contributed by atoms with Crippen LogP contribution in [0.15, 0.2) is 72.9 Å². The highest BCUT2D eigenvalue weighted by molar-refractivity contribution is 14.1. The lowest BCUT2D eigenvalue weighted by Gasteiger charge is -2.04. The average molecular weight is 466 g/mol. The van der Waals surface area contributed by atoms with Gasteiger partial charge in [-0.2, -0.15) is 0 Å². The van der Waals surface area contributed by atoms with Gasteiger partial charge < -0.3 is 9.97 Å². The molecule has 2 aromatic heterocycles. The molecule has 134 valence electrons. The minimum Gasteiger partial charge on any atom is -0.364 e. The maximum absolute atomic E-state index is 12.7. The molecule has 4 rings (SSSR count). The highest BCUT2D eigenvalue weighted by Gasteiger charge is 2.13. The Labute approximate surface area is 172 Å². The van der Waals surface area contributed by atoms with E-state index in [0.29, 0.717) is 11.3 Å². The van der Waals surface area contributed by atoms with Crippen LogP contribution in [0.2, 0.25) is 0 Å². The Morgan fingerprint density at radius 2 is 1.67 bits per heavy atom. The fourth-order valence-corrected chi connectivity index (χ4v) is 3.54. The van der Waals surface area contributed by atoms with E-state index in [2.05, 4.69) is 62.9 Å². The predicted molar refractivity (Wildman–Crippen MR) is 117 cm³/mol. The molecule has 0 saturated carbocycles. The molecule has 0 aliphatic rings. The Balaban J connectivity index is 1.55. The molecule has 27 heavy (non-hydrogen) atoms. The number of H-pyrrole nitrogens is 2. The molecule has 0 aliphatic carbocycles. The van der Waals surface area contributed by atoms with E-state index in [4.69, 9.17) is 0 Å². The number of carbonyl (C=O) groups is 1. The van der Waals surface area contributed by atoms with Crippen molar-refractivity contribution in [1.82, 2.24) is 9.97 Å². The normalized spacial score (nSPS) is 10.9. The van der Waals surface area contributed by atoms with Crippen molar-refractivity contribution in [2.24, 2.45) is 0 Å². The van der Waals surface area contributed by atoms with Crippen molar-refractivity contribution in [2.75, 3.05) is 0 Å². The lowest BCUT2D eigenvalue weighted by atomic mass is 10.0. The van der Waals surface area contributed by atoms with Gasteiger partial charge in [-0.1, -0.05) is 42.0 Å². The van der Waals surface area contributed by atoms with E-state index in [9.17, 15) is 4.79 Å². The zero-order valence-corrected chi connectivity index (χ0v) is 17.1. The van der Waals surface area contributed by atoms with Crippen LogP contribution in [0.3, 0.4) is 0 Å². The molecule has 0 unspecified atom stereocenters. The number of aromatic amines is 2. The molecule has 0 spiro atoms. The van der Waals surface area contributed by atoms with Crippen LogP contribution < -0.4 is 0 Å². The number of aryl methyl sites for hydroxylation is 1. The quantitative estimate of drug-likeness (QED) is 0.286. The van der Waals surface area contributed by atoms with Gasteiger partial charge in [0.1, 0.15) is 0 Å². The van der Waals surface area contributed by atoms with Crippen LogP contribution in [0.1, 0.15) is 33.0 Å². The monoisotopic (exact) mass is 466 g/mol. The van der Waals surface area contributed by atoms with Gasteiger partial charge in [0.2, 0.25) is 5.78 Å². The number of halogens is 1. The summed E-state index contributed by atoms with van der Waals surface area (Å²) in [6.07, 6.45) is 2.68. The molecule has 0 fully saturated rings. The van der Waals surface area contributed by atoms with Gasteiger partial charge in [-0.25, -0.2) is 0 Å². The Morgan fingerprint density at radius 3 is 2.41 bits per heavy atom. The predicted octanol–water partition coefficient (Wildman–Crippen LogP) is 5.74. The molecule has 0 radical (unpaired) electrons. The van der Waals surface area contributed by atoms with Crippen LogP contribution in [0.4, 0.5) is 0 Å². The van der Waals surface area contributed by atoms with Crippen LogP contribution in [0.25, 0.3) is 11.1 Å². The first kappa shape index (κ1) is 17.8. The summed E-state index contributed by atoms with van der Waals surface area (Å²) in [7, 11) is 0. The van der Waals surface area contributed by atoms with Crippen LogP contribution >= 0.6 is 22.6 Å². The smallest absolute Gasteiger partial charge is 0.209 e. The van der Waals surface area contributed by atoms with Gasteiger partial charge in [-0.05, 0) is 65.4 Å². The van der Waals surface area contributed by atoms with Crippen molar-refractivity contribution in [3.63, 3.8) is 0 Å². The number of ketones is 1. The van der Waals surface area contributed by atoms with Gasteiger partial charge in [-0.15, -0.1) is 0 Å². The Morgan fingerprint density at radius 1 is 0.926 bits per heavy atom. The van der Waals surface area contributed by atoms with Crippen LogP contribution in [0, 0.1) is 10.5 Å². The van der Waals surface area contributed by atoms with E-state index in [-0.39, 0.29) is 5.78 Å². The minimum absolute atomic E-state index is 0.0191. The SMILES string of the molecule is Cc1ccc(C(=O)c2ccc(Cc3[nH]ccc3-c3ccc(I)cc3)[nH]2)cc1. The standard InChI is InChI=1S/C23H19IN2O/c1-15-2-4-17(5-3-15)23(27)21-11-10-19(26-21)14-22-20(12-13-25-22)16-6-8-18(24)9-7-16/h2-13,25-26H,14H2,1H3. The van der Waals surface area contributed by atoms with Crippen LogP contribution in [0.5, 0.6) is 0 Å². The summed E-state index contributed by atoms with van der Waals surface area (Å²) in [5.74, 6) is 0.0191. The Bertz CT molecular complexity index is 1070. The highest BCUT2D eigenvalue weighted by Crippen LogP contribution is 2.25. The summed E-state index contributed by atoms with van der Waals surface area (Å²) >= 11 is 2.31. The van der Waals surface area contributed by atoms with Gasteiger partial charge in [0.15, 0.2) is 0 Å². The zero-order chi connectivity index (χ0) is 18.8. The van der Waals surface area contributed by atoms with Gasteiger partial charge in [0.05, 0.1) is 5.69 Å². The van der Waals surface area contributed by atoms with E-state index in [1.54, 1.807) is 0 Å². The summed E-state index contributed by atoms with van der Waals surface area (Å²) in [6.45, 7) is 2.02. The maximum Gasteiger partial charge on any atom is 0.209 e. The van der Waals surface area contributed by atoms with Crippen LogP contribution in [-0.2, 0) is 6.42 Å². The lowest BCUT2D eigenvalue weighted by molar-refractivity contribution is 0.103. The summed E-state index contributed by atoms with van der Waals surface area (Å²) in [6, 6.07) is 22.1. The van der Waals surface area contributed by atoms with Crippen molar-refractivity contribution >= 4 is 28.4 Å². The Kier molecular flexibility index (Phi) is 4.99. The molecule has 0 aliphatic heterocycles. The zero-order valence-electron chi connectivity index (χ0n) is 14.9. The van der Waals surface area contributed by atoms with Crippen molar-refractivity contribution < 1.29 is 4.79 Å². The average Bonchev–Trinajstić information content (AvgIpc) is 3.33. The van der Waals surface area contributed by atoms with Crippen molar-refractivity contribution in [3.05, 3.63) is 105 Å². The summed E-state index contributed by atoms with van der Waals surface area (Å²) < 4.78 is 1.22. The number of hydrogen-bond acceptors (Lipinski definition) is 1. The van der Waals surface area contributed by atoms with E-state index in [1.807, 2.05) is 49.5 Å². The number of benzene rings is 2. The topological polar surface area (TPSA) is 48.6 Å². The Hall–Kier alpha value is -2.60. The first-order valence-corrected chi connectivity index (χ1v) is 9.89.